The number of para-hydroxylation sites is 2. The molecule has 9 heteroatoms. The van der Waals surface area contributed by atoms with Crippen molar-refractivity contribution >= 4 is 28.5 Å². The lowest BCUT2D eigenvalue weighted by Crippen LogP contribution is -2.45. The first-order valence-electron chi connectivity index (χ1n) is 11.1. The van der Waals surface area contributed by atoms with E-state index in [1.54, 1.807) is 30.3 Å². The molecule has 176 valence electrons. The molecule has 2 heterocycles. The molecule has 2 aromatic carbocycles. The van der Waals surface area contributed by atoms with E-state index in [-0.39, 0.29) is 18.0 Å². The highest BCUT2D eigenvalue weighted by Crippen LogP contribution is 2.31. The maximum atomic E-state index is 15.0. The molecule has 0 aliphatic heterocycles. The van der Waals surface area contributed by atoms with Gasteiger partial charge in [0.15, 0.2) is 6.04 Å². The summed E-state index contributed by atoms with van der Waals surface area (Å²) in [4.78, 5) is 28.2. The number of hydrogen-bond acceptors (Lipinski definition) is 5. The third kappa shape index (κ3) is 4.98. The third-order valence-corrected chi connectivity index (χ3v) is 5.43. The van der Waals surface area contributed by atoms with Crippen LogP contribution in [0.1, 0.15) is 32.1 Å². The maximum Gasteiger partial charge on any atom is 0.251 e. The van der Waals surface area contributed by atoms with Gasteiger partial charge < -0.3 is 9.73 Å². The molecule has 4 aromatic rings. The van der Waals surface area contributed by atoms with E-state index in [2.05, 4.69) is 15.6 Å². The lowest BCUT2D eigenvalue weighted by Gasteiger charge is -2.30. The predicted molar refractivity (Wildman–Crippen MR) is 125 cm³/mol. The number of fused-ring (bicyclic) bond motifs is 1. The molecule has 1 atom stereocenters. The van der Waals surface area contributed by atoms with Crippen LogP contribution in [0, 0.1) is 11.7 Å². The number of benzene rings is 2. The van der Waals surface area contributed by atoms with Gasteiger partial charge >= 0.3 is 0 Å². The van der Waals surface area contributed by atoms with Gasteiger partial charge in [0.05, 0.1) is 17.5 Å². The quantitative estimate of drug-likeness (QED) is 0.403. The molecule has 0 aliphatic carbocycles. The molecule has 0 saturated carbocycles. The number of hydrogen-bond donors (Lipinski definition) is 1. The molecular formula is C25H26FN5O3. The number of aromatic nitrogens is 3. The lowest BCUT2D eigenvalue weighted by atomic mass is 10.1. The van der Waals surface area contributed by atoms with Gasteiger partial charge in [0, 0.05) is 6.54 Å². The smallest absolute Gasteiger partial charge is 0.251 e. The van der Waals surface area contributed by atoms with Crippen LogP contribution in [0.3, 0.4) is 0 Å². The molecule has 4 rings (SSSR count). The van der Waals surface area contributed by atoms with Gasteiger partial charge in [0.2, 0.25) is 5.91 Å². The standard InChI is InChI=1S/C25H26FN5O3/c1-17(2)13-14-27-25(33)24(22-12-7-15-34-22)31(20-10-5-3-8-18(20)26)23(32)16-30-21-11-6-4-9-19(21)28-29-30/h3-12,15,17,24H,13-14,16H2,1-2H3,(H,27,33)/t24-/m1/s1. The van der Waals surface area contributed by atoms with Crippen molar-refractivity contribution in [1.29, 1.82) is 0 Å². The molecule has 0 spiro atoms. The normalized spacial score (nSPS) is 12.1. The summed E-state index contributed by atoms with van der Waals surface area (Å²) in [5.74, 6) is -1.03. The van der Waals surface area contributed by atoms with Crippen LogP contribution in [0.15, 0.2) is 71.3 Å². The predicted octanol–water partition coefficient (Wildman–Crippen LogP) is 4.10. The molecule has 1 N–H and O–H groups in total. The van der Waals surface area contributed by atoms with E-state index in [4.69, 9.17) is 4.42 Å². The van der Waals surface area contributed by atoms with Crippen molar-refractivity contribution in [2.45, 2.75) is 32.9 Å². The van der Waals surface area contributed by atoms with Crippen molar-refractivity contribution in [3.63, 3.8) is 0 Å². The van der Waals surface area contributed by atoms with Gasteiger partial charge in [-0.05, 0) is 48.7 Å². The highest BCUT2D eigenvalue weighted by molar-refractivity contribution is 6.01. The van der Waals surface area contributed by atoms with Gasteiger partial charge in [0.1, 0.15) is 23.6 Å². The molecule has 0 unspecified atom stereocenters. The van der Waals surface area contributed by atoms with Gasteiger partial charge in [-0.3, -0.25) is 14.5 Å². The number of halogens is 1. The summed E-state index contributed by atoms with van der Waals surface area (Å²) in [7, 11) is 0. The van der Waals surface area contributed by atoms with Crippen LogP contribution in [-0.4, -0.2) is 33.4 Å². The minimum atomic E-state index is -1.21. The zero-order chi connectivity index (χ0) is 24.1. The summed E-state index contributed by atoms with van der Waals surface area (Å²) in [6, 6.07) is 15.1. The fraction of sp³-hybridized carbons (Fsp3) is 0.280. The van der Waals surface area contributed by atoms with Crippen molar-refractivity contribution < 1.29 is 18.4 Å². The molecule has 0 saturated heterocycles. The van der Waals surface area contributed by atoms with E-state index in [0.29, 0.717) is 23.5 Å². The third-order valence-electron chi connectivity index (χ3n) is 5.43. The Morgan fingerprint density at radius 1 is 1.09 bits per heavy atom. The van der Waals surface area contributed by atoms with Crippen molar-refractivity contribution in [3.05, 3.63) is 78.5 Å². The first-order valence-corrected chi connectivity index (χ1v) is 11.1. The Balaban J connectivity index is 1.73. The fourth-order valence-corrected chi connectivity index (χ4v) is 3.70. The van der Waals surface area contributed by atoms with Crippen LogP contribution in [0.25, 0.3) is 11.0 Å². The largest absolute Gasteiger partial charge is 0.467 e. The number of amides is 2. The van der Waals surface area contributed by atoms with E-state index in [9.17, 15) is 14.0 Å². The Hall–Kier alpha value is -4.01. The second-order valence-electron chi connectivity index (χ2n) is 8.34. The SMILES string of the molecule is CC(C)CCNC(=O)[C@@H](c1ccco1)N(C(=O)Cn1nnc2ccccc21)c1ccccc1F. The van der Waals surface area contributed by atoms with E-state index in [1.165, 1.54) is 29.1 Å². The lowest BCUT2D eigenvalue weighted by molar-refractivity contribution is -0.127. The topological polar surface area (TPSA) is 93.3 Å². The molecule has 0 aliphatic rings. The van der Waals surface area contributed by atoms with Gasteiger partial charge in [-0.2, -0.15) is 0 Å². The molecule has 0 fully saturated rings. The minimum Gasteiger partial charge on any atom is -0.467 e. The Morgan fingerprint density at radius 2 is 1.85 bits per heavy atom. The van der Waals surface area contributed by atoms with Crippen molar-refractivity contribution in [2.24, 2.45) is 5.92 Å². The minimum absolute atomic E-state index is 0.0302. The van der Waals surface area contributed by atoms with Crippen LogP contribution in [0.4, 0.5) is 10.1 Å². The van der Waals surface area contributed by atoms with Crippen LogP contribution in [0.2, 0.25) is 0 Å². The number of carbonyl (C=O) groups excluding carboxylic acids is 2. The van der Waals surface area contributed by atoms with Crippen molar-refractivity contribution in [2.75, 3.05) is 11.4 Å². The van der Waals surface area contributed by atoms with E-state index in [1.807, 2.05) is 26.0 Å². The van der Waals surface area contributed by atoms with Gasteiger partial charge in [-0.15, -0.1) is 5.10 Å². The molecule has 34 heavy (non-hydrogen) atoms. The van der Waals surface area contributed by atoms with Crippen LogP contribution < -0.4 is 10.2 Å². The highest BCUT2D eigenvalue weighted by Gasteiger charge is 2.36. The average Bonchev–Trinajstić information content (AvgIpc) is 3.48. The number of carbonyl (C=O) groups is 2. The second-order valence-corrected chi connectivity index (χ2v) is 8.34. The zero-order valence-corrected chi connectivity index (χ0v) is 19.0. The van der Waals surface area contributed by atoms with E-state index >= 15 is 0 Å². The van der Waals surface area contributed by atoms with Gasteiger partial charge in [0.25, 0.3) is 5.91 Å². The Labute approximate surface area is 196 Å². The number of nitrogens with one attached hydrogen (secondary N) is 1. The number of furan rings is 1. The fourth-order valence-electron chi connectivity index (χ4n) is 3.70. The number of rotatable bonds is 9. The molecule has 2 aromatic heterocycles. The Kier molecular flexibility index (Phi) is 7.01. The Bertz CT molecular complexity index is 1270. The molecular weight excluding hydrogens is 437 g/mol. The molecule has 0 radical (unpaired) electrons. The van der Waals surface area contributed by atoms with Crippen LogP contribution in [0.5, 0.6) is 0 Å². The number of nitrogens with zero attached hydrogens (tertiary/aromatic N) is 4. The van der Waals surface area contributed by atoms with E-state index in [0.717, 1.165) is 11.3 Å². The monoisotopic (exact) mass is 463 g/mol. The highest BCUT2D eigenvalue weighted by atomic mass is 19.1. The summed E-state index contributed by atoms with van der Waals surface area (Å²) >= 11 is 0. The maximum absolute atomic E-state index is 15.0. The number of anilines is 1. The molecule has 2 amide bonds. The molecule has 0 bridgehead atoms. The van der Waals surface area contributed by atoms with Crippen molar-refractivity contribution in [3.8, 4) is 0 Å². The summed E-state index contributed by atoms with van der Waals surface area (Å²) in [5.41, 5.74) is 1.25. The van der Waals surface area contributed by atoms with Crippen molar-refractivity contribution in [1.82, 2.24) is 20.3 Å². The Morgan fingerprint density at radius 3 is 2.59 bits per heavy atom. The summed E-state index contributed by atoms with van der Waals surface area (Å²) < 4.78 is 21.9. The summed E-state index contributed by atoms with van der Waals surface area (Å²) in [6.07, 6.45) is 2.17. The first-order chi connectivity index (χ1) is 16.5. The molecule has 8 nitrogen and oxygen atoms in total. The van der Waals surface area contributed by atoms with Gasteiger partial charge in [-0.25, -0.2) is 9.07 Å². The van der Waals surface area contributed by atoms with Crippen LogP contribution in [-0.2, 0) is 16.1 Å². The van der Waals surface area contributed by atoms with E-state index < -0.39 is 23.7 Å². The van der Waals surface area contributed by atoms with Gasteiger partial charge in [-0.1, -0.05) is 43.3 Å². The van der Waals surface area contributed by atoms with Crippen LogP contribution >= 0.6 is 0 Å². The average molecular weight is 464 g/mol. The zero-order valence-electron chi connectivity index (χ0n) is 19.0. The summed E-state index contributed by atoms with van der Waals surface area (Å²) in [6.45, 7) is 4.27. The summed E-state index contributed by atoms with van der Waals surface area (Å²) in [5, 5.41) is 11.0. The first kappa shape index (κ1) is 23.2. The second kappa shape index (κ2) is 10.3.